The van der Waals surface area contributed by atoms with Crippen molar-refractivity contribution in [3.8, 4) is 11.5 Å². The molecule has 1 N–H and O–H groups in total. The summed E-state index contributed by atoms with van der Waals surface area (Å²) in [6.07, 6.45) is 0.877. The summed E-state index contributed by atoms with van der Waals surface area (Å²) >= 11 is 0. The highest BCUT2D eigenvalue weighted by Crippen LogP contribution is 2.43. The Bertz CT molecular complexity index is 739. The van der Waals surface area contributed by atoms with E-state index >= 15 is 0 Å². The summed E-state index contributed by atoms with van der Waals surface area (Å²) in [7, 11) is 3.26. The van der Waals surface area contributed by atoms with E-state index in [9.17, 15) is 4.79 Å². The third-order valence-corrected chi connectivity index (χ3v) is 4.24. The summed E-state index contributed by atoms with van der Waals surface area (Å²) in [6, 6.07) is 5.45. The first-order chi connectivity index (χ1) is 11.1. The van der Waals surface area contributed by atoms with E-state index in [0.29, 0.717) is 12.2 Å². The van der Waals surface area contributed by atoms with Gasteiger partial charge in [-0.05, 0) is 31.5 Å². The Labute approximate surface area is 135 Å². The molecule has 0 bridgehead atoms. The van der Waals surface area contributed by atoms with E-state index in [0.717, 1.165) is 34.7 Å². The average molecular weight is 315 g/mol. The van der Waals surface area contributed by atoms with Crippen LogP contribution in [0.4, 0.5) is 0 Å². The fourth-order valence-electron chi connectivity index (χ4n) is 3.19. The Morgan fingerprint density at radius 2 is 2.09 bits per heavy atom. The molecule has 2 heterocycles. The van der Waals surface area contributed by atoms with Gasteiger partial charge in [0.1, 0.15) is 11.5 Å². The zero-order valence-electron chi connectivity index (χ0n) is 13.8. The number of nitrogens with zero attached hydrogens (tertiary/aromatic N) is 2. The summed E-state index contributed by atoms with van der Waals surface area (Å²) in [6.45, 7) is 4.66. The van der Waals surface area contributed by atoms with Gasteiger partial charge in [-0.1, -0.05) is 6.92 Å². The van der Waals surface area contributed by atoms with Crippen LogP contribution < -0.4 is 9.47 Å². The van der Waals surface area contributed by atoms with Crippen molar-refractivity contribution < 1.29 is 14.3 Å². The molecule has 23 heavy (non-hydrogen) atoms. The molecule has 0 saturated heterocycles. The van der Waals surface area contributed by atoms with Gasteiger partial charge in [0.2, 0.25) is 0 Å². The summed E-state index contributed by atoms with van der Waals surface area (Å²) < 4.78 is 10.9. The van der Waals surface area contributed by atoms with Crippen molar-refractivity contribution in [3.05, 3.63) is 40.7 Å². The predicted molar refractivity (Wildman–Crippen MR) is 86.0 cm³/mol. The number of benzene rings is 1. The van der Waals surface area contributed by atoms with E-state index in [1.54, 1.807) is 14.2 Å². The molecule has 0 spiro atoms. The lowest BCUT2D eigenvalue weighted by molar-refractivity contribution is 0.0742. The second-order valence-electron chi connectivity index (χ2n) is 5.62. The average Bonchev–Trinajstić information content (AvgIpc) is 3.07. The SMILES string of the molecule is CCCN1C(=O)c2n[nH]c(C)c2[C@H]1c1cc(OC)ccc1OC. The number of carbonyl (C=O) groups is 1. The number of amides is 1. The van der Waals surface area contributed by atoms with Gasteiger partial charge in [-0.3, -0.25) is 9.89 Å². The number of H-pyrrole nitrogens is 1. The van der Waals surface area contributed by atoms with E-state index in [4.69, 9.17) is 9.47 Å². The minimum atomic E-state index is -0.207. The number of hydrogen-bond acceptors (Lipinski definition) is 4. The van der Waals surface area contributed by atoms with Crippen LogP contribution in [-0.2, 0) is 0 Å². The van der Waals surface area contributed by atoms with Gasteiger partial charge in [0.05, 0.1) is 20.3 Å². The number of methoxy groups -OCH3 is 2. The molecule has 0 aliphatic carbocycles. The van der Waals surface area contributed by atoms with Crippen LogP contribution in [-0.4, -0.2) is 41.8 Å². The number of fused-ring (bicyclic) bond motifs is 1. The first-order valence-corrected chi connectivity index (χ1v) is 7.70. The highest BCUT2D eigenvalue weighted by atomic mass is 16.5. The minimum Gasteiger partial charge on any atom is -0.497 e. The van der Waals surface area contributed by atoms with Crippen molar-refractivity contribution in [1.29, 1.82) is 0 Å². The molecule has 0 fully saturated rings. The van der Waals surface area contributed by atoms with Crippen molar-refractivity contribution >= 4 is 5.91 Å². The maximum atomic E-state index is 12.7. The maximum Gasteiger partial charge on any atom is 0.275 e. The van der Waals surface area contributed by atoms with Gasteiger partial charge in [0.15, 0.2) is 5.69 Å². The van der Waals surface area contributed by atoms with Crippen LogP contribution in [0, 0.1) is 6.92 Å². The minimum absolute atomic E-state index is 0.0407. The Kier molecular flexibility index (Phi) is 3.98. The summed E-state index contributed by atoms with van der Waals surface area (Å²) in [5.74, 6) is 1.43. The molecule has 1 aliphatic rings. The van der Waals surface area contributed by atoms with Gasteiger partial charge >= 0.3 is 0 Å². The monoisotopic (exact) mass is 315 g/mol. The van der Waals surface area contributed by atoms with Gasteiger partial charge in [0, 0.05) is 23.4 Å². The number of hydrogen-bond donors (Lipinski definition) is 1. The van der Waals surface area contributed by atoms with Crippen LogP contribution in [0.25, 0.3) is 0 Å². The summed E-state index contributed by atoms with van der Waals surface area (Å²) in [5, 5.41) is 7.12. The Hall–Kier alpha value is -2.50. The molecule has 0 radical (unpaired) electrons. The molecule has 3 rings (SSSR count). The Morgan fingerprint density at radius 1 is 1.30 bits per heavy atom. The lowest BCUT2D eigenvalue weighted by Gasteiger charge is -2.27. The Balaban J connectivity index is 2.19. The maximum absolute atomic E-state index is 12.7. The van der Waals surface area contributed by atoms with Crippen LogP contribution in [0.3, 0.4) is 0 Å². The zero-order chi connectivity index (χ0) is 16.6. The number of rotatable bonds is 5. The second kappa shape index (κ2) is 5.95. The van der Waals surface area contributed by atoms with Crippen molar-refractivity contribution in [2.75, 3.05) is 20.8 Å². The number of carbonyl (C=O) groups excluding carboxylic acids is 1. The van der Waals surface area contributed by atoms with Crippen molar-refractivity contribution in [2.24, 2.45) is 0 Å². The fourth-order valence-corrected chi connectivity index (χ4v) is 3.19. The molecule has 122 valence electrons. The number of aryl methyl sites for hydroxylation is 1. The number of nitrogens with one attached hydrogen (secondary N) is 1. The van der Waals surface area contributed by atoms with E-state index in [-0.39, 0.29) is 11.9 Å². The molecule has 1 amide bonds. The number of ether oxygens (including phenoxy) is 2. The molecular formula is C17H21N3O3. The largest absolute Gasteiger partial charge is 0.497 e. The predicted octanol–water partition coefficient (Wildman–Crippen LogP) is 2.69. The third-order valence-electron chi connectivity index (χ3n) is 4.24. The van der Waals surface area contributed by atoms with Crippen LogP contribution in [0.2, 0.25) is 0 Å². The second-order valence-corrected chi connectivity index (χ2v) is 5.62. The van der Waals surface area contributed by atoms with Crippen molar-refractivity contribution in [1.82, 2.24) is 15.1 Å². The summed E-state index contributed by atoms with van der Waals surface area (Å²) in [4.78, 5) is 14.6. The normalized spacial score (nSPS) is 16.6. The number of aromatic nitrogens is 2. The fraction of sp³-hybridized carbons (Fsp3) is 0.412. The summed E-state index contributed by atoms with van der Waals surface area (Å²) in [5.41, 5.74) is 3.25. The van der Waals surface area contributed by atoms with Crippen LogP contribution >= 0.6 is 0 Å². The molecule has 1 aromatic heterocycles. The molecule has 6 heteroatoms. The molecule has 0 unspecified atom stereocenters. The quantitative estimate of drug-likeness (QED) is 0.921. The zero-order valence-corrected chi connectivity index (χ0v) is 13.8. The smallest absolute Gasteiger partial charge is 0.275 e. The van der Waals surface area contributed by atoms with E-state index in [1.165, 1.54) is 0 Å². The standard InChI is InChI=1S/C17H21N3O3/c1-5-8-20-16(14-10(2)18-19-15(14)17(20)21)12-9-11(22-3)6-7-13(12)23-4/h6-7,9,16H,5,8H2,1-4H3,(H,18,19)/t16-/m1/s1. The lowest BCUT2D eigenvalue weighted by atomic mass is 9.98. The molecule has 1 aromatic carbocycles. The van der Waals surface area contributed by atoms with E-state index < -0.39 is 0 Å². The van der Waals surface area contributed by atoms with Crippen LogP contribution in [0.1, 0.15) is 46.7 Å². The molecule has 6 nitrogen and oxygen atoms in total. The lowest BCUT2D eigenvalue weighted by Crippen LogP contribution is -2.30. The van der Waals surface area contributed by atoms with Crippen LogP contribution in [0.5, 0.6) is 11.5 Å². The van der Waals surface area contributed by atoms with Gasteiger partial charge < -0.3 is 14.4 Å². The van der Waals surface area contributed by atoms with E-state index in [1.807, 2.05) is 30.0 Å². The van der Waals surface area contributed by atoms with Crippen LogP contribution in [0.15, 0.2) is 18.2 Å². The third kappa shape index (κ3) is 2.34. The van der Waals surface area contributed by atoms with Gasteiger partial charge in [0.25, 0.3) is 5.91 Å². The van der Waals surface area contributed by atoms with Crippen molar-refractivity contribution in [2.45, 2.75) is 26.3 Å². The Morgan fingerprint density at radius 3 is 2.74 bits per heavy atom. The first-order valence-electron chi connectivity index (χ1n) is 7.70. The topological polar surface area (TPSA) is 67.5 Å². The van der Waals surface area contributed by atoms with Gasteiger partial charge in [-0.2, -0.15) is 5.10 Å². The molecule has 0 saturated carbocycles. The first kappa shape index (κ1) is 15.4. The highest BCUT2D eigenvalue weighted by Gasteiger charge is 2.42. The van der Waals surface area contributed by atoms with Gasteiger partial charge in [-0.15, -0.1) is 0 Å². The molecule has 1 atom stereocenters. The number of aromatic amines is 1. The molecule has 2 aromatic rings. The van der Waals surface area contributed by atoms with E-state index in [2.05, 4.69) is 17.1 Å². The van der Waals surface area contributed by atoms with Gasteiger partial charge in [-0.25, -0.2) is 0 Å². The molecule has 1 aliphatic heterocycles. The van der Waals surface area contributed by atoms with Crippen molar-refractivity contribution in [3.63, 3.8) is 0 Å². The highest BCUT2D eigenvalue weighted by molar-refractivity contribution is 5.98. The molecular weight excluding hydrogens is 294 g/mol.